The van der Waals surface area contributed by atoms with Gasteiger partial charge in [-0.15, -0.1) is 11.6 Å². The number of carbonyl (C=O) groups excluding carboxylic acids is 1. The number of hydrogen-bond acceptors (Lipinski definition) is 5. The molecule has 0 amide bonds. The molecule has 0 saturated heterocycles. The zero-order valence-corrected chi connectivity index (χ0v) is 10.8. The van der Waals surface area contributed by atoms with Gasteiger partial charge >= 0.3 is 5.97 Å². The summed E-state index contributed by atoms with van der Waals surface area (Å²) in [6, 6.07) is 1.42. The number of ether oxygens (including phenoxy) is 2. The number of carbonyl (C=O) groups is 1. The third kappa shape index (κ3) is 4.46. The first-order valence-electron chi connectivity index (χ1n) is 4.50. The van der Waals surface area contributed by atoms with Gasteiger partial charge in [-0.1, -0.05) is 23.2 Å². The van der Waals surface area contributed by atoms with Gasteiger partial charge in [0.25, 0.3) is 0 Å². The maximum atomic E-state index is 10.7. The molecule has 0 bridgehead atoms. The van der Waals surface area contributed by atoms with Crippen LogP contribution < -0.4 is 10.5 Å². The van der Waals surface area contributed by atoms with Crippen LogP contribution in [0.3, 0.4) is 0 Å². The van der Waals surface area contributed by atoms with Gasteiger partial charge in [-0.2, -0.15) is 4.98 Å². The molecule has 1 rings (SSSR count). The van der Waals surface area contributed by atoms with E-state index in [0.29, 0.717) is 0 Å². The second-order valence-corrected chi connectivity index (χ2v) is 3.93. The summed E-state index contributed by atoms with van der Waals surface area (Å²) in [5.41, 5.74) is 5.48. The summed E-state index contributed by atoms with van der Waals surface area (Å²) in [6.07, 6.45) is 0. The van der Waals surface area contributed by atoms with Crippen LogP contribution in [0.2, 0.25) is 10.0 Å². The fourth-order valence-electron chi connectivity index (χ4n) is 0.897. The molecule has 5 nitrogen and oxygen atoms in total. The van der Waals surface area contributed by atoms with Crippen molar-refractivity contribution in [3.8, 4) is 5.88 Å². The fourth-order valence-corrected chi connectivity index (χ4v) is 1.39. The highest BCUT2D eigenvalue weighted by molar-refractivity contribution is 6.36. The highest BCUT2D eigenvalue weighted by Gasteiger charge is 2.08. The molecule has 0 radical (unpaired) electrons. The molecule has 0 aromatic carbocycles. The van der Waals surface area contributed by atoms with Gasteiger partial charge in [0.15, 0.2) is 0 Å². The first kappa shape index (κ1) is 14.2. The van der Waals surface area contributed by atoms with Gasteiger partial charge in [0.2, 0.25) is 5.88 Å². The molecule has 0 unspecified atom stereocenters. The summed E-state index contributed by atoms with van der Waals surface area (Å²) in [5, 5.41) is 0.476. The summed E-state index contributed by atoms with van der Waals surface area (Å²) in [6.45, 7) is 0.141. The number of hydrogen-bond donors (Lipinski definition) is 1. The summed E-state index contributed by atoms with van der Waals surface area (Å²) < 4.78 is 9.85. The molecule has 0 aliphatic carbocycles. The molecular weight excluding hydrogens is 290 g/mol. The number of alkyl halides is 1. The second kappa shape index (κ2) is 6.74. The van der Waals surface area contributed by atoms with Crippen molar-refractivity contribution in [2.45, 2.75) is 0 Å². The molecule has 17 heavy (non-hydrogen) atoms. The highest BCUT2D eigenvalue weighted by Crippen LogP contribution is 2.28. The number of nitrogen functional groups attached to an aromatic ring is 1. The maximum Gasteiger partial charge on any atom is 0.320 e. The monoisotopic (exact) mass is 298 g/mol. The largest absolute Gasteiger partial charge is 0.473 e. The van der Waals surface area contributed by atoms with E-state index in [2.05, 4.69) is 9.72 Å². The lowest BCUT2D eigenvalue weighted by atomic mass is 10.4. The van der Waals surface area contributed by atoms with E-state index >= 15 is 0 Å². The van der Waals surface area contributed by atoms with Gasteiger partial charge in [0.1, 0.15) is 29.9 Å². The number of nitrogens with two attached hydrogens (primary N) is 1. The number of nitrogens with zero attached hydrogens (tertiary/aromatic N) is 1. The van der Waals surface area contributed by atoms with Crippen LogP contribution in [-0.2, 0) is 9.53 Å². The van der Waals surface area contributed by atoms with E-state index in [0.717, 1.165) is 0 Å². The van der Waals surface area contributed by atoms with Crippen molar-refractivity contribution in [1.29, 1.82) is 0 Å². The average molecular weight is 300 g/mol. The van der Waals surface area contributed by atoms with Crippen LogP contribution in [0.4, 0.5) is 5.82 Å². The molecule has 94 valence electrons. The van der Waals surface area contributed by atoms with Crippen molar-refractivity contribution in [1.82, 2.24) is 4.98 Å². The lowest BCUT2D eigenvalue weighted by Crippen LogP contribution is -2.13. The third-order valence-electron chi connectivity index (χ3n) is 1.62. The molecular formula is C9H9Cl3N2O3. The van der Waals surface area contributed by atoms with E-state index in [1.165, 1.54) is 6.07 Å². The number of rotatable bonds is 5. The van der Waals surface area contributed by atoms with E-state index in [1.807, 2.05) is 0 Å². The van der Waals surface area contributed by atoms with Crippen molar-refractivity contribution < 1.29 is 14.3 Å². The van der Waals surface area contributed by atoms with Crippen molar-refractivity contribution in [2.75, 3.05) is 24.8 Å². The average Bonchev–Trinajstić information content (AvgIpc) is 2.30. The second-order valence-electron chi connectivity index (χ2n) is 2.84. The van der Waals surface area contributed by atoms with Crippen molar-refractivity contribution in [2.24, 2.45) is 0 Å². The van der Waals surface area contributed by atoms with Crippen molar-refractivity contribution in [3.63, 3.8) is 0 Å². The Hall–Kier alpha value is -0.910. The smallest absolute Gasteiger partial charge is 0.320 e. The van der Waals surface area contributed by atoms with Gasteiger partial charge in [0, 0.05) is 0 Å². The Kier molecular flexibility index (Phi) is 5.61. The number of esters is 1. The van der Waals surface area contributed by atoms with Gasteiger partial charge in [-0.25, -0.2) is 0 Å². The molecule has 0 spiro atoms. The summed E-state index contributed by atoms with van der Waals surface area (Å²) >= 11 is 16.7. The molecule has 0 aliphatic rings. The molecule has 8 heteroatoms. The van der Waals surface area contributed by atoms with Crippen LogP contribution in [0, 0.1) is 0 Å². The molecule has 1 aromatic rings. The normalized spacial score (nSPS) is 10.1. The lowest BCUT2D eigenvalue weighted by molar-refractivity contribution is -0.141. The summed E-state index contributed by atoms with van der Waals surface area (Å²) in [4.78, 5) is 14.5. The fraction of sp³-hybridized carbons (Fsp3) is 0.333. The first-order chi connectivity index (χ1) is 8.04. The van der Waals surface area contributed by atoms with E-state index in [9.17, 15) is 4.79 Å². The number of aromatic nitrogens is 1. The third-order valence-corrected chi connectivity index (χ3v) is 2.41. The van der Waals surface area contributed by atoms with Crippen LogP contribution in [0.25, 0.3) is 0 Å². The first-order valence-corrected chi connectivity index (χ1v) is 5.79. The van der Waals surface area contributed by atoms with Crippen LogP contribution in [0.15, 0.2) is 6.07 Å². The minimum Gasteiger partial charge on any atom is -0.473 e. The van der Waals surface area contributed by atoms with Crippen LogP contribution >= 0.6 is 34.8 Å². The Labute approximate surface area is 113 Å². The number of pyridine rings is 1. The quantitative estimate of drug-likeness (QED) is 0.512. The zero-order valence-electron chi connectivity index (χ0n) is 8.58. The van der Waals surface area contributed by atoms with Crippen molar-refractivity contribution in [3.05, 3.63) is 16.1 Å². The topological polar surface area (TPSA) is 74.4 Å². The molecule has 1 heterocycles. The van der Waals surface area contributed by atoms with Crippen LogP contribution in [-0.4, -0.2) is 30.0 Å². The van der Waals surface area contributed by atoms with E-state index in [-0.39, 0.29) is 40.8 Å². The Morgan fingerprint density at radius 1 is 1.35 bits per heavy atom. The molecule has 0 aliphatic heterocycles. The Morgan fingerprint density at radius 3 is 2.71 bits per heavy atom. The minimum atomic E-state index is -0.523. The van der Waals surface area contributed by atoms with Gasteiger partial charge < -0.3 is 15.2 Å². The zero-order chi connectivity index (χ0) is 12.8. The molecule has 0 fully saturated rings. The molecule has 0 saturated carbocycles. The van der Waals surface area contributed by atoms with E-state index in [4.69, 9.17) is 45.3 Å². The highest BCUT2D eigenvalue weighted by atomic mass is 35.5. The summed E-state index contributed by atoms with van der Waals surface area (Å²) in [5.74, 6) is -0.475. The maximum absolute atomic E-state index is 10.7. The summed E-state index contributed by atoms with van der Waals surface area (Å²) in [7, 11) is 0. The molecule has 2 N–H and O–H groups in total. The predicted octanol–water partition coefficient (Wildman–Crippen LogP) is 2.13. The van der Waals surface area contributed by atoms with E-state index < -0.39 is 5.97 Å². The predicted molar refractivity (Wildman–Crippen MR) is 65.8 cm³/mol. The number of halogens is 3. The Morgan fingerprint density at radius 2 is 2.06 bits per heavy atom. The SMILES string of the molecule is Nc1nc(OCCOC(=O)CCl)c(Cl)cc1Cl. The minimum absolute atomic E-state index is 0.0477. The molecule has 0 atom stereocenters. The van der Waals surface area contributed by atoms with Crippen molar-refractivity contribution >= 4 is 46.6 Å². The van der Waals surface area contributed by atoms with Crippen LogP contribution in [0.1, 0.15) is 0 Å². The van der Waals surface area contributed by atoms with Crippen LogP contribution in [0.5, 0.6) is 5.88 Å². The number of anilines is 1. The van der Waals surface area contributed by atoms with E-state index in [1.54, 1.807) is 0 Å². The Balaban J connectivity index is 2.47. The van der Waals surface area contributed by atoms with Gasteiger partial charge in [-0.05, 0) is 6.07 Å². The standard InChI is InChI=1S/C9H9Cl3N2O3/c10-4-7(15)16-1-2-17-9-6(12)3-5(11)8(13)14-9/h3H,1-2,4H2,(H2,13,14). The Bertz CT molecular complexity index is 415. The van der Waals surface area contributed by atoms with Gasteiger partial charge in [0.05, 0.1) is 5.02 Å². The molecule has 1 aromatic heterocycles. The lowest BCUT2D eigenvalue weighted by Gasteiger charge is -2.08. The van der Waals surface area contributed by atoms with Gasteiger partial charge in [-0.3, -0.25) is 4.79 Å².